The van der Waals surface area contributed by atoms with Crippen molar-refractivity contribution in [3.05, 3.63) is 74.9 Å². The molecule has 2 amide bonds. The summed E-state index contributed by atoms with van der Waals surface area (Å²) in [4.78, 5) is 28.7. The minimum atomic E-state index is -0.323. The van der Waals surface area contributed by atoms with E-state index in [0.717, 1.165) is 12.0 Å². The maximum atomic E-state index is 13.1. The first-order valence-corrected chi connectivity index (χ1v) is 9.73. The molecule has 1 aliphatic rings. The number of hydrogen-bond donors (Lipinski definition) is 1. The van der Waals surface area contributed by atoms with Crippen LogP contribution in [0.25, 0.3) is 0 Å². The van der Waals surface area contributed by atoms with Crippen LogP contribution in [-0.4, -0.2) is 23.3 Å². The Balaban J connectivity index is 1.55. The minimum absolute atomic E-state index is 0.00529. The molecule has 0 aliphatic carbocycles. The SMILES string of the molecule is Cc1ccc(C(=O)Nc2cccc(C(=O)N3CCc4sccc4C3)c2C)o1. The maximum Gasteiger partial charge on any atom is 0.291 e. The second kappa shape index (κ2) is 7.04. The molecule has 2 aromatic heterocycles. The van der Waals surface area contributed by atoms with Crippen molar-refractivity contribution in [1.82, 2.24) is 4.90 Å². The van der Waals surface area contributed by atoms with Gasteiger partial charge in [-0.05, 0) is 67.1 Å². The Hall–Kier alpha value is -2.86. The summed E-state index contributed by atoms with van der Waals surface area (Å²) in [5.74, 6) is 0.606. The molecule has 0 fully saturated rings. The molecule has 0 saturated heterocycles. The highest BCUT2D eigenvalue weighted by atomic mass is 32.1. The number of thiophene rings is 1. The van der Waals surface area contributed by atoms with Crippen LogP contribution in [0.2, 0.25) is 0 Å². The third-order valence-electron chi connectivity index (χ3n) is 4.87. The number of anilines is 1. The molecule has 0 radical (unpaired) electrons. The Morgan fingerprint density at radius 3 is 2.78 bits per heavy atom. The molecule has 0 bridgehead atoms. The second-order valence-electron chi connectivity index (χ2n) is 6.69. The molecule has 4 rings (SSSR count). The Morgan fingerprint density at radius 2 is 2.00 bits per heavy atom. The fourth-order valence-corrected chi connectivity index (χ4v) is 4.23. The molecule has 0 unspecified atom stereocenters. The van der Waals surface area contributed by atoms with Crippen molar-refractivity contribution in [3.8, 4) is 0 Å². The highest BCUT2D eigenvalue weighted by Gasteiger charge is 2.24. The molecule has 0 atom stereocenters. The Morgan fingerprint density at radius 1 is 1.15 bits per heavy atom. The number of amides is 2. The summed E-state index contributed by atoms with van der Waals surface area (Å²) in [7, 11) is 0. The lowest BCUT2D eigenvalue weighted by Crippen LogP contribution is -2.35. The number of benzene rings is 1. The van der Waals surface area contributed by atoms with Crippen molar-refractivity contribution in [2.45, 2.75) is 26.8 Å². The van der Waals surface area contributed by atoms with Gasteiger partial charge in [-0.25, -0.2) is 0 Å². The highest BCUT2D eigenvalue weighted by Crippen LogP contribution is 2.27. The van der Waals surface area contributed by atoms with Gasteiger partial charge >= 0.3 is 0 Å². The molecule has 5 nitrogen and oxygen atoms in total. The molecule has 6 heteroatoms. The lowest BCUT2D eigenvalue weighted by atomic mass is 10.0. The van der Waals surface area contributed by atoms with Crippen molar-refractivity contribution in [2.75, 3.05) is 11.9 Å². The van der Waals surface area contributed by atoms with Crippen LogP contribution >= 0.6 is 11.3 Å². The standard InChI is InChI=1S/C21H20N2O3S/c1-13-6-7-18(26-13)20(24)22-17-5-3-4-16(14(17)2)21(25)23-10-8-19-15(12-23)9-11-27-19/h3-7,9,11H,8,10,12H2,1-2H3,(H,22,24). The van der Waals surface area contributed by atoms with Crippen molar-refractivity contribution >= 4 is 28.8 Å². The molecular weight excluding hydrogens is 360 g/mol. The van der Waals surface area contributed by atoms with Gasteiger partial charge in [0.25, 0.3) is 11.8 Å². The summed E-state index contributed by atoms with van der Waals surface area (Å²) < 4.78 is 5.37. The number of nitrogens with zero attached hydrogens (tertiary/aromatic N) is 1. The van der Waals surface area contributed by atoms with E-state index in [4.69, 9.17) is 4.42 Å². The second-order valence-corrected chi connectivity index (χ2v) is 7.69. The van der Waals surface area contributed by atoms with E-state index in [0.29, 0.717) is 30.1 Å². The number of fused-ring (bicyclic) bond motifs is 1. The molecule has 27 heavy (non-hydrogen) atoms. The van der Waals surface area contributed by atoms with Crippen LogP contribution in [0.5, 0.6) is 0 Å². The Labute approximate surface area is 161 Å². The molecular formula is C21H20N2O3S. The summed E-state index contributed by atoms with van der Waals surface area (Å²) in [5, 5.41) is 4.93. The first-order chi connectivity index (χ1) is 13.0. The third kappa shape index (κ3) is 3.40. The molecule has 1 aliphatic heterocycles. The Bertz CT molecular complexity index is 1020. The number of rotatable bonds is 3. The Kier molecular flexibility index (Phi) is 4.58. The van der Waals surface area contributed by atoms with Gasteiger partial charge < -0.3 is 14.6 Å². The first kappa shape index (κ1) is 17.5. The summed E-state index contributed by atoms with van der Waals surface area (Å²) in [6, 6.07) is 10.9. The van der Waals surface area contributed by atoms with Gasteiger partial charge in [0.2, 0.25) is 0 Å². The fourth-order valence-electron chi connectivity index (χ4n) is 3.34. The van der Waals surface area contributed by atoms with Gasteiger partial charge in [0.15, 0.2) is 5.76 Å². The van der Waals surface area contributed by atoms with Gasteiger partial charge in [-0.15, -0.1) is 11.3 Å². The third-order valence-corrected chi connectivity index (χ3v) is 5.89. The van der Waals surface area contributed by atoms with E-state index in [9.17, 15) is 9.59 Å². The predicted octanol–water partition coefficient (Wildman–Crippen LogP) is 4.41. The summed E-state index contributed by atoms with van der Waals surface area (Å²) >= 11 is 1.75. The predicted molar refractivity (Wildman–Crippen MR) is 105 cm³/mol. The van der Waals surface area contributed by atoms with Gasteiger partial charge in [-0.1, -0.05) is 6.07 Å². The number of hydrogen-bond acceptors (Lipinski definition) is 4. The first-order valence-electron chi connectivity index (χ1n) is 8.85. The van der Waals surface area contributed by atoms with E-state index >= 15 is 0 Å². The van der Waals surface area contributed by atoms with Crippen LogP contribution in [0.3, 0.4) is 0 Å². The van der Waals surface area contributed by atoms with Crippen LogP contribution in [0.4, 0.5) is 5.69 Å². The number of carbonyl (C=O) groups excluding carboxylic acids is 2. The quantitative estimate of drug-likeness (QED) is 0.732. The fraction of sp³-hybridized carbons (Fsp3) is 0.238. The van der Waals surface area contributed by atoms with Gasteiger partial charge in [0.05, 0.1) is 0 Å². The van der Waals surface area contributed by atoms with E-state index in [1.54, 1.807) is 42.5 Å². The van der Waals surface area contributed by atoms with E-state index in [-0.39, 0.29) is 17.6 Å². The molecule has 3 heterocycles. The summed E-state index contributed by atoms with van der Waals surface area (Å²) in [6.07, 6.45) is 0.895. The van der Waals surface area contributed by atoms with Crippen LogP contribution < -0.4 is 5.32 Å². The van der Waals surface area contributed by atoms with Crippen molar-refractivity contribution in [1.29, 1.82) is 0 Å². The number of carbonyl (C=O) groups is 2. The van der Waals surface area contributed by atoms with Crippen molar-refractivity contribution in [2.24, 2.45) is 0 Å². The number of furan rings is 1. The van der Waals surface area contributed by atoms with Crippen LogP contribution in [0.15, 0.2) is 46.2 Å². The molecule has 1 N–H and O–H groups in total. The van der Waals surface area contributed by atoms with Crippen LogP contribution in [-0.2, 0) is 13.0 Å². The van der Waals surface area contributed by atoms with Crippen molar-refractivity contribution < 1.29 is 14.0 Å². The van der Waals surface area contributed by atoms with Gasteiger partial charge in [-0.3, -0.25) is 9.59 Å². The lowest BCUT2D eigenvalue weighted by molar-refractivity contribution is 0.0735. The minimum Gasteiger partial charge on any atom is -0.456 e. The van der Waals surface area contributed by atoms with Crippen molar-refractivity contribution in [3.63, 3.8) is 0 Å². The van der Waals surface area contributed by atoms with Gasteiger partial charge in [0.1, 0.15) is 5.76 Å². The van der Waals surface area contributed by atoms with Crippen LogP contribution in [0, 0.1) is 13.8 Å². The zero-order chi connectivity index (χ0) is 19.0. The normalized spacial score (nSPS) is 13.3. The topological polar surface area (TPSA) is 62.6 Å². The maximum absolute atomic E-state index is 13.1. The van der Waals surface area contributed by atoms with Gasteiger partial charge in [0, 0.05) is 29.2 Å². The molecule has 1 aromatic carbocycles. The van der Waals surface area contributed by atoms with Gasteiger partial charge in [-0.2, -0.15) is 0 Å². The zero-order valence-corrected chi connectivity index (χ0v) is 16.1. The average molecular weight is 380 g/mol. The van der Waals surface area contributed by atoms with E-state index in [1.807, 2.05) is 17.9 Å². The van der Waals surface area contributed by atoms with E-state index < -0.39 is 0 Å². The highest BCUT2D eigenvalue weighted by molar-refractivity contribution is 7.10. The number of aryl methyl sites for hydroxylation is 1. The zero-order valence-electron chi connectivity index (χ0n) is 15.2. The molecule has 3 aromatic rings. The monoisotopic (exact) mass is 380 g/mol. The summed E-state index contributed by atoms with van der Waals surface area (Å²) in [5.41, 5.74) is 3.22. The largest absolute Gasteiger partial charge is 0.456 e. The number of nitrogens with one attached hydrogen (secondary N) is 1. The smallest absolute Gasteiger partial charge is 0.291 e. The van der Waals surface area contributed by atoms with Crippen LogP contribution in [0.1, 0.15) is 42.7 Å². The summed E-state index contributed by atoms with van der Waals surface area (Å²) in [6.45, 7) is 5.00. The lowest BCUT2D eigenvalue weighted by Gasteiger charge is -2.28. The van der Waals surface area contributed by atoms with E-state index in [2.05, 4.69) is 16.8 Å². The average Bonchev–Trinajstić information content (AvgIpc) is 3.31. The molecule has 0 saturated carbocycles. The molecule has 0 spiro atoms. The molecule has 138 valence electrons. The van der Waals surface area contributed by atoms with E-state index in [1.165, 1.54) is 10.4 Å².